The number of hydrogen-bond acceptors (Lipinski definition) is 7. The normalized spacial score (nSPS) is 19.7. The van der Waals surface area contributed by atoms with Crippen LogP contribution in [0, 0.1) is 6.92 Å². The van der Waals surface area contributed by atoms with Crippen LogP contribution in [-0.2, 0) is 19.1 Å². The van der Waals surface area contributed by atoms with Gasteiger partial charge in [0.1, 0.15) is 25.0 Å². The molecule has 1 aliphatic heterocycles. The third-order valence-electron chi connectivity index (χ3n) is 4.82. The topological polar surface area (TPSA) is 146 Å². The van der Waals surface area contributed by atoms with Gasteiger partial charge in [-0.15, -0.1) is 0 Å². The Morgan fingerprint density at radius 2 is 2.03 bits per heavy atom. The Kier molecular flexibility index (Phi) is 9.41. The molecule has 2 rings (SSSR count). The summed E-state index contributed by atoms with van der Waals surface area (Å²) in [5, 5.41) is 17.8. The minimum atomic E-state index is -1.21. The van der Waals surface area contributed by atoms with Crippen LogP contribution in [0.2, 0.25) is 0 Å². The summed E-state index contributed by atoms with van der Waals surface area (Å²) >= 11 is 0. The Bertz CT molecular complexity index is 843. The zero-order valence-electron chi connectivity index (χ0n) is 18.5. The Hall–Kier alpha value is -3.18. The van der Waals surface area contributed by atoms with Crippen molar-refractivity contribution in [2.75, 3.05) is 46.5 Å². The van der Waals surface area contributed by atoms with Gasteiger partial charge in [0, 0.05) is 25.8 Å². The van der Waals surface area contributed by atoms with Crippen molar-refractivity contribution in [3.05, 3.63) is 29.3 Å². The molecule has 1 aliphatic rings. The molecule has 0 fully saturated rings. The number of carbonyl (C=O) groups excluding carboxylic acids is 4. The van der Waals surface area contributed by atoms with Crippen molar-refractivity contribution in [2.45, 2.75) is 26.0 Å². The highest BCUT2D eigenvalue weighted by atomic mass is 16.5. The molecule has 4 N–H and O–H groups in total. The molecule has 0 saturated heterocycles. The van der Waals surface area contributed by atoms with Gasteiger partial charge in [0.05, 0.1) is 19.2 Å². The lowest BCUT2D eigenvalue weighted by molar-refractivity contribution is -0.139. The molecule has 1 aromatic rings. The molecule has 0 aliphatic carbocycles. The van der Waals surface area contributed by atoms with Crippen LogP contribution in [0.5, 0.6) is 5.75 Å². The molecule has 4 amide bonds. The molecule has 176 valence electrons. The van der Waals surface area contributed by atoms with Crippen LogP contribution in [0.15, 0.2) is 18.2 Å². The molecule has 11 nitrogen and oxygen atoms in total. The van der Waals surface area contributed by atoms with Crippen LogP contribution in [-0.4, -0.2) is 92.3 Å². The van der Waals surface area contributed by atoms with Gasteiger partial charge in [0.2, 0.25) is 17.7 Å². The van der Waals surface area contributed by atoms with Crippen molar-refractivity contribution in [1.82, 2.24) is 20.9 Å². The molecule has 32 heavy (non-hydrogen) atoms. The first-order valence-electron chi connectivity index (χ1n) is 10.3. The fraction of sp³-hybridized carbons (Fsp3) is 0.524. The number of methoxy groups -OCH3 is 1. The number of amides is 4. The number of ether oxygens (including phenoxy) is 2. The molecular formula is C21H30N4O7. The van der Waals surface area contributed by atoms with Gasteiger partial charge in [-0.25, -0.2) is 0 Å². The summed E-state index contributed by atoms with van der Waals surface area (Å²) < 4.78 is 10.5. The molecule has 0 saturated carbocycles. The number of nitrogens with one attached hydrogen (secondary N) is 3. The number of nitrogens with zero attached hydrogens (tertiary/aromatic N) is 1. The predicted octanol–water partition coefficient (Wildman–Crippen LogP) is -1.43. The lowest BCUT2D eigenvalue weighted by atomic mass is 10.1. The fourth-order valence-electron chi connectivity index (χ4n) is 3.04. The molecule has 0 aromatic heterocycles. The molecule has 1 heterocycles. The summed E-state index contributed by atoms with van der Waals surface area (Å²) in [6.45, 7) is 3.16. The van der Waals surface area contributed by atoms with Gasteiger partial charge in [0.25, 0.3) is 5.91 Å². The average Bonchev–Trinajstić information content (AvgIpc) is 2.74. The second kappa shape index (κ2) is 12.0. The van der Waals surface area contributed by atoms with Crippen LogP contribution in [0.3, 0.4) is 0 Å². The van der Waals surface area contributed by atoms with Crippen molar-refractivity contribution in [3.8, 4) is 5.75 Å². The van der Waals surface area contributed by atoms with E-state index in [4.69, 9.17) is 9.47 Å². The highest BCUT2D eigenvalue weighted by Crippen LogP contribution is 2.19. The molecule has 0 spiro atoms. The van der Waals surface area contributed by atoms with Gasteiger partial charge in [-0.2, -0.15) is 0 Å². The van der Waals surface area contributed by atoms with E-state index in [1.54, 1.807) is 12.1 Å². The van der Waals surface area contributed by atoms with Crippen LogP contribution in [0.25, 0.3) is 0 Å². The van der Waals surface area contributed by atoms with Gasteiger partial charge in [-0.1, -0.05) is 6.07 Å². The van der Waals surface area contributed by atoms with Crippen molar-refractivity contribution >= 4 is 23.6 Å². The summed E-state index contributed by atoms with van der Waals surface area (Å²) in [6, 6.07) is 3.61. The monoisotopic (exact) mass is 450 g/mol. The highest BCUT2D eigenvalue weighted by molar-refractivity contribution is 5.98. The number of fused-ring (bicyclic) bond motifs is 2. The summed E-state index contributed by atoms with van der Waals surface area (Å²) in [4.78, 5) is 51.0. The van der Waals surface area contributed by atoms with E-state index in [9.17, 15) is 24.3 Å². The number of aliphatic hydroxyl groups excluding tert-OH is 1. The van der Waals surface area contributed by atoms with Crippen LogP contribution < -0.4 is 20.7 Å². The smallest absolute Gasteiger partial charge is 0.252 e. The van der Waals surface area contributed by atoms with E-state index in [0.29, 0.717) is 5.75 Å². The van der Waals surface area contributed by atoms with Gasteiger partial charge in [-0.3, -0.25) is 19.2 Å². The fourth-order valence-corrected chi connectivity index (χ4v) is 3.04. The van der Waals surface area contributed by atoms with Crippen LogP contribution in [0.4, 0.5) is 0 Å². The third-order valence-corrected chi connectivity index (χ3v) is 4.82. The number of aliphatic hydroxyl groups is 1. The predicted molar refractivity (Wildman–Crippen MR) is 114 cm³/mol. The van der Waals surface area contributed by atoms with E-state index in [1.165, 1.54) is 25.0 Å². The maximum absolute atomic E-state index is 12.7. The molecule has 0 radical (unpaired) electrons. The number of aryl methyl sites for hydroxylation is 1. The lowest BCUT2D eigenvalue weighted by Gasteiger charge is -2.24. The Morgan fingerprint density at radius 3 is 2.72 bits per heavy atom. The Labute approximate surface area is 186 Å². The van der Waals surface area contributed by atoms with Crippen LogP contribution >= 0.6 is 0 Å². The van der Waals surface area contributed by atoms with E-state index in [-0.39, 0.29) is 45.0 Å². The Balaban J connectivity index is 2.25. The van der Waals surface area contributed by atoms with Gasteiger partial charge in [-0.05, 0) is 31.5 Å². The first-order valence-corrected chi connectivity index (χ1v) is 10.3. The summed E-state index contributed by atoms with van der Waals surface area (Å²) in [5.41, 5.74) is 1.04. The highest BCUT2D eigenvalue weighted by Gasteiger charge is 2.27. The minimum Gasteiger partial charge on any atom is -0.491 e. The zero-order chi connectivity index (χ0) is 23.7. The quantitative estimate of drug-likeness (QED) is 0.442. The number of carbonyl (C=O) groups is 4. The van der Waals surface area contributed by atoms with E-state index < -0.39 is 35.8 Å². The maximum Gasteiger partial charge on any atom is 0.252 e. The second-order valence-corrected chi connectivity index (χ2v) is 7.41. The second-order valence-electron chi connectivity index (χ2n) is 7.41. The summed E-state index contributed by atoms with van der Waals surface area (Å²) in [7, 11) is 1.36. The summed E-state index contributed by atoms with van der Waals surface area (Å²) in [6.07, 6.45) is -1.17. The minimum absolute atomic E-state index is 0.0124. The van der Waals surface area contributed by atoms with E-state index >= 15 is 0 Å². The van der Waals surface area contributed by atoms with E-state index in [2.05, 4.69) is 16.0 Å². The number of benzene rings is 1. The van der Waals surface area contributed by atoms with Gasteiger partial charge >= 0.3 is 0 Å². The van der Waals surface area contributed by atoms with Gasteiger partial charge in [0.15, 0.2) is 0 Å². The van der Waals surface area contributed by atoms with Crippen molar-refractivity contribution in [2.24, 2.45) is 0 Å². The molecular weight excluding hydrogens is 420 g/mol. The number of rotatable bonds is 3. The first-order chi connectivity index (χ1) is 15.2. The number of hydrogen-bond donors (Lipinski definition) is 4. The van der Waals surface area contributed by atoms with Crippen molar-refractivity contribution < 1.29 is 33.8 Å². The third kappa shape index (κ3) is 7.20. The standard InChI is InChI=1S/C21H30N4O7/c1-13-4-5-15-10-16(13)32-9-7-22-17(27)11-25(18(28)12-31-3)8-6-23-21(30)19(14(2)26)24-20(15)29/h4-5,10,14,19,26H,6-9,11-12H2,1-3H3,(H,22,27)(H,23,30)(H,24,29)/t14-,19+/m1/s1. The van der Waals surface area contributed by atoms with Crippen LogP contribution in [0.1, 0.15) is 22.8 Å². The SMILES string of the molecule is COCC(=O)N1CCNC(=O)[C@H]([C@@H](C)O)NC(=O)c2ccc(C)c(c2)OCCNC(=O)C1. The van der Waals surface area contributed by atoms with E-state index in [1.807, 2.05) is 6.92 Å². The first kappa shape index (κ1) is 25.1. The van der Waals surface area contributed by atoms with Gasteiger partial charge < -0.3 is 35.4 Å². The molecule has 1 aromatic carbocycles. The Morgan fingerprint density at radius 1 is 1.28 bits per heavy atom. The molecule has 0 unspecified atom stereocenters. The summed E-state index contributed by atoms with van der Waals surface area (Å²) in [5.74, 6) is -1.53. The zero-order valence-corrected chi connectivity index (χ0v) is 18.5. The van der Waals surface area contributed by atoms with Crippen molar-refractivity contribution in [1.29, 1.82) is 0 Å². The lowest BCUT2D eigenvalue weighted by Crippen LogP contribution is -2.54. The molecule has 2 bridgehead atoms. The largest absolute Gasteiger partial charge is 0.491 e. The molecule has 2 atom stereocenters. The van der Waals surface area contributed by atoms with E-state index in [0.717, 1.165) is 5.56 Å². The van der Waals surface area contributed by atoms with Crippen molar-refractivity contribution in [3.63, 3.8) is 0 Å². The maximum atomic E-state index is 12.7. The average molecular weight is 450 g/mol. The molecule has 11 heteroatoms.